The van der Waals surface area contributed by atoms with Gasteiger partial charge in [0, 0.05) is 49.9 Å². The number of hydrogen-bond acceptors (Lipinski definition) is 7. The number of nitrogens with one attached hydrogen (secondary N) is 1. The van der Waals surface area contributed by atoms with Crippen LogP contribution >= 0.6 is 11.3 Å². The van der Waals surface area contributed by atoms with Gasteiger partial charge < -0.3 is 15.1 Å². The molecule has 8 nitrogen and oxygen atoms in total. The largest absolute Gasteiger partial charge is 0.363 e. The minimum Gasteiger partial charge on any atom is -0.363 e. The summed E-state index contributed by atoms with van der Waals surface area (Å²) in [5.41, 5.74) is 3.49. The van der Waals surface area contributed by atoms with Crippen molar-refractivity contribution in [2.24, 2.45) is 0 Å². The van der Waals surface area contributed by atoms with Crippen molar-refractivity contribution in [2.45, 2.75) is 6.42 Å². The maximum absolute atomic E-state index is 12.8. The summed E-state index contributed by atoms with van der Waals surface area (Å²) in [7, 11) is 2.03. The molecule has 0 radical (unpaired) electrons. The number of nitrogens with zero attached hydrogens (tertiary/aromatic N) is 4. The van der Waals surface area contributed by atoms with Crippen LogP contribution in [0, 0.1) is 10.1 Å². The van der Waals surface area contributed by atoms with Crippen molar-refractivity contribution in [1.82, 2.24) is 9.88 Å². The summed E-state index contributed by atoms with van der Waals surface area (Å²) in [5, 5.41) is 15.6. The Morgan fingerprint density at radius 2 is 1.80 bits per heavy atom. The molecular formula is C26H25N5O3S. The molecule has 1 aliphatic heterocycles. The first-order valence-corrected chi connectivity index (χ1v) is 12.2. The van der Waals surface area contributed by atoms with Crippen molar-refractivity contribution in [3.63, 3.8) is 0 Å². The lowest BCUT2D eigenvalue weighted by molar-refractivity contribution is -0.384. The Labute approximate surface area is 207 Å². The summed E-state index contributed by atoms with van der Waals surface area (Å²) in [5.74, 6) is -0.378. The second-order valence-corrected chi connectivity index (χ2v) is 9.77. The molecule has 0 unspecified atom stereocenters. The van der Waals surface area contributed by atoms with E-state index in [2.05, 4.69) is 21.3 Å². The molecule has 1 fully saturated rings. The summed E-state index contributed by atoms with van der Waals surface area (Å²) in [6, 6.07) is 20.4. The number of aromatic nitrogens is 1. The Morgan fingerprint density at radius 1 is 1.06 bits per heavy atom. The van der Waals surface area contributed by atoms with E-state index in [1.54, 1.807) is 23.5 Å². The van der Waals surface area contributed by atoms with Crippen LogP contribution < -0.4 is 10.2 Å². The fourth-order valence-electron chi connectivity index (χ4n) is 4.21. The third-order valence-corrected chi connectivity index (χ3v) is 7.22. The molecule has 4 aromatic rings. The number of benzene rings is 3. The minimum atomic E-state index is -0.415. The van der Waals surface area contributed by atoms with Gasteiger partial charge in [0.15, 0.2) is 0 Å². The number of fused-ring (bicyclic) bond motifs is 1. The highest BCUT2D eigenvalue weighted by atomic mass is 32.1. The number of nitro groups is 1. The maximum Gasteiger partial charge on any atom is 0.293 e. The lowest BCUT2D eigenvalue weighted by Crippen LogP contribution is -2.44. The van der Waals surface area contributed by atoms with E-state index in [0.717, 1.165) is 29.2 Å². The Balaban J connectivity index is 1.27. The number of piperazine rings is 1. The van der Waals surface area contributed by atoms with Gasteiger partial charge in [0.1, 0.15) is 5.69 Å². The highest BCUT2D eigenvalue weighted by Gasteiger charge is 2.24. The van der Waals surface area contributed by atoms with Crippen LogP contribution in [-0.4, -0.2) is 53.9 Å². The van der Waals surface area contributed by atoms with Crippen molar-refractivity contribution in [3.05, 3.63) is 93.0 Å². The molecule has 1 amide bonds. The molecule has 0 bridgehead atoms. The molecule has 0 saturated carbocycles. The van der Waals surface area contributed by atoms with Gasteiger partial charge in [-0.2, -0.15) is 0 Å². The van der Waals surface area contributed by atoms with Gasteiger partial charge >= 0.3 is 0 Å². The molecule has 1 aromatic heterocycles. The molecule has 35 heavy (non-hydrogen) atoms. The average Bonchev–Trinajstić information content (AvgIpc) is 3.27. The quantitative estimate of drug-likeness (QED) is 0.310. The molecule has 1 saturated heterocycles. The molecule has 5 rings (SSSR count). The van der Waals surface area contributed by atoms with E-state index < -0.39 is 4.92 Å². The minimum absolute atomic E-state index is 0.0478. The summed E-state index contributed by atoms with van der Waals surface area (Å²) < 4.78 is 1.17. The summed E-state index contributed by atoms with van der Waals surface area (Å²) in [4.78, 5) is 33.0. The van der Waals surface area contributed by atoms with E-state index in [-0.39, 0.29) is 17.2 Å². The van der Waals surface area contributed by atoms with E-state index in [9.17, 15) is 14.9 Å². The zero-order valence-electron chi connectivity index (χ0n) is 19.3. The van der Waals surface area contributed by atoms with Gasteiger partial charge in [-0.3, -0.25) is 14.9 Å². The number of carbonyl (C=O) groups is 1. The van der Waals surface area contributed by atoms with E-state index >= 15 is 0 Å². The molecule has 1 N–H and O–H groups in total. The zero-order chi connectivity index (χ0) is 24.4. The molecular weight excluding hydrogens is 462 g/mol. The molecule has 9 heteroatoms. The van der Waals surface area contributed by atoms with E-state index in [1.807, 2.05) is 54.4 Å². The first-order chi connectivity index (χ1) is 17.0. The number of hydrogen-bond donors (Lipinski definition) is 1. The van der Waals surface area contributed by atoms with E-state index in [0.29, 0.717) is 30.9 Å². The second-order valence-electron chi connectivity index (χ2n) is 8.65. The predicted octanol–water partition coefficient (Wildman–Crippen LogP) is 4.80. The number of nitro benzene ring substituents is 1. The summed E-state index contributed by atoms with van der Waals surface area (Å²) >= 11 is 1.68. The Morgan fingerprint density at radius 3 is 2.51 bits per heavy atom. The van der Waals surface area contributed by atoms with Crippen molar-refractivity contribution in [1.29, 1.82) is 0 Å². The van der Waals surface area contributed by atoms with Crippen LogP contribution in [0.1, 0.15) is 20.9 Å². The standard InChI is InChI=1S/C26H25N5O3S/c1-29-12-14-30(15-13-29)22-11-8-19(17-23(22)31(33)34)26(32)27-20-9-6-18(7-10-20)16-25-28-21-4-2-3-5-24(21)35-25/h2-11,17H,12-16H2,1H3,(H,27,32). The Hall–Kier alpha value is -3.82. The van der Waals surface area contributed by atoms with Gasteiger partial charge in [0.05, 0.1) is 20.1 Å². The van der Waals surface area contributed by atoms with Crippen LogP contribution in [0.2, 0.25) is 0 Å². The molecule has 3 aromatic carbocycles. The number of rotatable bonds is 6. The monoisotopic (exact) mass is 487 g/mol. The number of thiazole rings is 1. The van der Waals surface area contributed by atoms with Gasteiger partial charge in [-0.05, 0) is 49.0 Å². The molecule has 0 spiro atoms. The second kappa shape index (κ2) is 9.81. The fourth-order valence-corrected chi connectivity index (χ4v) is 5.21. The van der Waals surface area contributed by atoms with E-state index in [4.69, 9.17) is 0 Å². The molecule has 0 atom stereocenters. The topological polar surface area (TPSA) is 91.6 Å². The Kier molecular flexibility index (Phi) is 6.43. The number of likely N-dealkylation sites (N-methyl/N-ethyl adjacent to an activating group) is 1. The molecule has 1 aliphatic rings. The summed E-state index contributed by atoms with van der Waals surface area (Å²) in [6.07, 6.45) is 0.716. The third-order valence-electron chi connectivity index (χ3n) is 6.18. The van der Waals surface area contributed by atoms with Gasteiger partial charge in [-0.1, -0.05) is 24.3 Å². The third kappa shape index (κ3) is 5.16. The lowest BCUT2D eigenvalue weighted by atomic mass is 10.1. The van der Waals surface area contributed by atoms with Crippen molar-refractivity contribution < 1.29 is 9.72 Å². The molecule has 178 valence electrons. The maximum atomic E-state index is 12.8. The molecule has 2 heterocycles. The van der Waals surface area contributed by atoms with Crippen molar-refractivity contribution in [2.75, 3.05) is 43.4 Å². The van der Waals surface area contributed by atoms with Crippen LogP contribution in [0.5, 0.6) is 0 Å². The normalized spacial score (nSPS) is 14.3. The average molecular weight is 488 g/mol. The van der Waals surface area contributed by atoms with Crippen LogP contribution in [-0.2, 0) is 6.42 Å². The smallest absolute Gasteiger partial charge is 0.293 e. The van der Waals surface area contributed by atoms with Gasteiger partial charge in [-0.25, -0.2) is 4.98 Å². The highest BCUT2D eigenvalue weighted by molar-refractivity contribution is 7.18. The number of carbonyl (C=O) groups excluding carboxylic acids is 1. The van der Waals surface area contributed by atoms with Gasteiger partial charge in [0.2, 0.25) is 0 Å². The first-order valence-electron chi connectivity index (χ1n) is 11.4. The van der Waals surface area contributed by atoms with Crippen LogP contribution in [0.15, 0.2) is 66.7 Å². The zero-order valence-corrected chi connectivity index (χ0v) is 20.1. The lowest BCUT2D eigenvalue weighted by Gasteiger charge is -2.33. The van der Waals surface area contributed by atoms with Crippen molar-refractivity contribution in [3.8, 4) is 0 Å². The van der Waals surface area contributed by atoms with E-state index in [1.165, 1.54) is 10.8 Å². The van der Waals surface area contributed by atoms with Crippen LogP contribution in [0.25, 0.3) is 10.2 Å². The predicted molar refractivity (Wildman–Crippen MR) is 140 cm³/mol. The van der Waals surface area contributed by atoms with Gasteiger partial charge in [0.25, 0.3) is 11.6 Å². The number of anilines is 2. The van der Waals surface area contributed by atoms with Crippen LogP contribution in [0.4, 0.5) is 17.1 Å². The van der Waals surface area contributed by atoms with Gasteiger partial charge in [-0.15, -0.1) is 11.3 Å². The first kappa shape index (κ1) is 22.9. The Bertz CT molecular complexity index is 1340. The summed E-state index contributed by atoms with van der Waals surface area (Å²) in [6.45, 7) is 3.11. The van der Waals surface area contributed by atoms with Crippen LogP contribution in [0.3, 0.4) is 0 Å². The number of para-hydroxylation sites is 1. The molecule has 0 aliphatic carbocycles. The van der Waals surface area contributed by atoms with Crippen molar-refractivity contribution >= 4 is 44.5 Å². The number of amides is 1. The SMILES string of the molecule is CN1CCN(c2ccc(C(=O)Nc3ccc(Cc4nc5ccccc5s4)cc3)cc2[N+](=O)[O-])CC1. The fraction of sp³-hybridized carbons (Fsp3) is 0.231. The highest BCUT2D eigenvalue weighted by Crippen LogP contribution is 2.30.